The zero-order chi connectivity index (χ0) is 20.4. The predicted octanol–water partition coefficient (Wildman–Crippen LogP) is 2.28. The highest BCUT2D eigenvalue weighted by Crippen LogP contribution is 2.28. The lowest BCUT2D eigenvalue weighted by atomic mass is 10.2. The summed E-state index contributed by atoms with van der Waals surface area (Å²) in [6.45, 7) is 3.30. The molecule has 2 amide bonds. The number of pyridine rings is 1. The highest BCUT2D eigenvalue weighted by atomic mass is 16.3. The SMILES string of the molecule is CCNc1cc(-c2nc(C(=O)Nc3cn(C)nc3N3CCCC3=O)co2)ccn1. The third kappa shape index (κ3) is 3.82. The summed E-state index contributed by atoms with van der Waals surface area (Å²) in [5, 5.41) is 10.2. The standard InChI is InChI=1S/C19H21N7O3/c1-3-20-15-9-12(6-7-21-15)19-23-14(11-29-19)18(28)22-13-10-25(2)24-17(13)26-8-4-5-16(26)27/h6-7,9-11H,3-5,8H2,1-2H3,(H,20,21)(H,22,28). The number of nitrogens with zero attached hydrogens (tertiary/aromatic N) is 5. The summed E-state index contributed by atoms with van der Waals surface area (Å²) in [6, 6.07) is 3.56. The molecule has 10 nitrogen and oxygen atoms in total. The van der Waals surface area contributed by atoms with Crippen molar-refractivity contribution in [2.75, 3.05) is 28.6 Å². The van der Waals surface area contributed by atoms with Crippen LogP contribution in [-0.4, -0.2) is 44.7 Å². The van der Waals surface area contributed by atoms with Crippen LogP contribution in [0.25, 0.3) is 11.5 Å². The number of rotatable bonds is 6. The summed E-state index contributed by atoms with van der Waals surface area (Å²) in [6.07, 6.45) is 5.86. The van der Waals surface area contributed by atoms with E-state index in [1.807, 2.05) is 6.92 Å². The van der Waals surface area contributed by atoms with Gasteiger partial charge < -0.3 is 15.1 Å². The Balaban J connectivity index is 1.53. The fourth-order valence-electron chi connectivity index (χ4n) is 3.17. The summed E-state index contributed by atoms with van der Waals surface area (Å²) in [5.74, 6) is 1.01. The van der Waals surface area contributed by atoms with E-state index in [0.29, 0.717) is 41.7 Å². The van der Waals surface area contributed by atoms with Crippen LogP contribution in [0.3, 0.4) is 0 Å². The molecule has 0 unspecified atom stereocenters. The number of anilines is 3. The van der Waals surface area contributed by atoms with Crippen LogP contribution in [0, 0.1) is 0 Å². The van der Waals surface area contributed by atoms with Crippen LogP contribution >= 0.6 is 0 Å². The summed E-state index contributed by atoms with van der Waals surface area (Å²) < 4.78 is 7.04. The summed E-state index contributed by atoms with van der Waals surface area (Å²) >= 11 is 0. The number of hydrogen-bond acceptors (Lipinski definition) is 7. The molecule has 1 saturated heterocycles. The molecule has 4 heterocycles. The number of aromatic nitrogens is 4. The number of nitrogens with one attached hydrogen (secondary N) is 2. The Hall–Kier alpha value is -3.69. The molecule has 0 radical (unpaired) electrons. The Morgan fingerprint density at radius 3 is 3.00 bits per heavy atom. The fraction of sp³-hybridized carbons (Fsp3) is 0.316. The lowest BCUT2D eigenvalue weighted by Crippen LogP contribution is -2.26. The van der Waals surface area contributed by atoms with Gasteiger partial charge in [-0.3, -0.25) is 19.2 Å². The Bertz CT molecular complexity index is 1060. The number of aryl methyl sites for hydroxylation is 1. The highest BCUT2D eigenvalue weighted by molar-refractivity contribution is 6.06. The van der Waals surface area contributed by atoms with Gasteiger partial charge in [0.05, 0.1) is 6.20 Å². The van der Waals surface area contributed by atoms with Crippen LogP contribution in [0.4, 0.5) is 17.3 Å². The first-order chi connectivity index (χ1) is 14.0. The fourth-order valence-corrected chi connectivity index (χ4v) is 3.17. The minimum absolute atomic E-state index is 0.00268. The molecule has 29 heavy (non-hydrogen) atoms. The molecule has 1 aliphatic heterocycles. The van der Waals surface area contributed by atoms with Crippen LogP contribution in [-0.2, 0) is 11.8 Å². The van der Waals surface area contributed by atoms with Gasteiger partial charge in [-0.2, -0.15) is 5.10 Å². The second kappa shape index (κ2) is 7.74. The Morgan fingerprint density at radius 2 is 2.24 bits per heavy atom. The van der Waals surface area contributed by atoms with Crippen LogP contribution in [0.5, 0.6) is 0 Å². The van der Waals surface area contributed by atoms with Crippen molar-refractivity contribution in [1.29, 1.82) is 0 Å². The average molecular weight is 395 g/mol. The molecule has 0 atom stereocenters. The lowest BCUT2D eigenvalue weighted by Gasteiger charge is -2.14. The van der Waals surface area contributed by atoms with Crippen LogP contribution in [0.2, 0.25) is 0 Å². The van der Waals surface area contributed by atoms with Crippen LogP contribution < -0.4 is 15.5 Å². The van der Waals surface area contributed by atoms with E-state index in [4.69, 9.17) is 4.42 Å². The van der Waals surface area contributed by atoms with Gasteiger partial charge in [0.15, 0.2) is 11.5 Å². The largest absolute Gasteiger partial charge is 0.444 e. The number of carbonyl (C=O) groups excluding carboxylic acids is 2. The van der Waals surface area contributed by atoms with Gasteiger partial charge in [-0.25, -0.2) is 9.97 Å². The van der Waals surface area contributed by atoms with Gasteiger partial charge in [-0.15, -0.1) is 0 Å². The molecule has 3 aromatic heterocycles. The highest BCUT2D eigenvalue weighted by Gasteiger charge is 2.27. The molecule has 150 valence electrons. The van der Waals surface area contributed by atoms with Crippen molar-refractivity contribution in [3.8, 4) is 11.5 Å². The van der Waals surface area contributed by atoms with Gasteiger partial charge in [-0.05, 0) is 25.5 Å². The molecular formula is C19H21N7O3. The first kappa shape index (κ1) is 18.7. The maximum absolute atomic E-state index is 12.7. The van der Waals surface area contributed by atoms with Gasteiger partial charge in [0.25, 0.3) is 5.91 Å². The van der Waals surface area contributed by atoms with Gasteiger partial charge in [0.2, 0.25) is 11.8 Å². The molecule has 10 heteroatoms. The van der Waals surface area contributed by atoms with Crippen molar-refractivity contribution in [3.63, 3.8) is 0 Å². The minimum Gasteiger partial charge on any atom is -0.444 e. The van der Waals surface area contributed by atoms with Crippen molar-refractivity contribution in [1.82, 2.24) is 19.7 Å². The van der Waals surface area contributed by atoms with E-state index in [9.17, 15) is 9.59 Å². The second-order valence-electron chi connectivity index (χ2n) is 6.64. The second-order valence-corrected chi connectivity index (χ2v) is 6.64. The summed E-state index contributed by atoms with van der Waals surface area (Å²) in [5.41, 5.74) is 1.29. The number of oxazole rings is 1. The third-order valence-electron chi connectivity index (χ3n) is 4.49. The van der Waals surface area contributed by atoms with E-state index in [-0.39, 0.29) is 11.6 Å². The van der Waals surface area contributed by atoms with E-state index in [1.54, 1.807) is 41.2 Å². The van der Waals surface area contributed by atoms with Crippen molar-refractivity contribution in [2.24, 2.45) is 7.05 Å². The Kier molecular flexibility index (Phi) is 4.98. The normalized spacial score (nSPS) is 13.7. The minimum atomic E-state index is -0.443. The monoisotopic (exact) mass is 395 g/mol. The molecule has 0 aliphatic carbocycles. The third-order valence-corrected chi connectivity index (χ3v) is 4.49. The summed E-state index contributed by atoms with van der Waals surface area (Å²) in [7, 11) is 1.74. The maximum atomic E-state index is 12.7. The van der Waals surface area contributed by atoms with E-state index < -0.39 is 5.91 Å². The van der Waals surface area contributed by atoms with Gasteiger partial charge in [0.1, 0.15) is 17.8 Å². The van der Waals surface area contributed by atoms with Gasteiger partial charge >= 0.3 is 0 Å². The first-order valence-electron chi connectivity index (χ1n) is 9.36. The molecule has 1 fully saturated rings. The summed E-state index contributed by atoms with van der Waals surface area (Å²) in [4.78, 5) is 34.8. The molecule has 2 N–H and O–H groups in total. The Morgan fingerprint density at radius 1 is 1.38 bits per heavy atom. The lowest BCUT2D eigenvalue weighted by molar-refractivity contribution is -0.117. The number of amides is 2. The molecule has 4 rings (SSSR count). The Labute approximate surface area is 166 Å². The molecular weight excluding hydrogens is 374 g/mol. The van der Waals surface area contributed by atoms with E-state index in [2.05, 4.69) is 25.7 Å². The molecule has 1 aliphatic rings. The van der Waals surface area contributed by atoms with E-state index in [0.717, 1.165) is 13.0 Å². The zero-order valence-electron chi connectivity index (χ0n) is 16.2. The van der Waals surface area contributed by atoms with Crippen LogP contribution in [0.1, 0.15) is 30.3 Å². The average Bonchev–Trinajstić information content (AvgIpc) is 3.42. The van der Waals surface area contributed by atoms with Crippen molar-refractivity contribution >= 4 is 29.1 Å². The maximum Gasteiger partial charge on any atom is 0.277 e. The van der Waals surface area contributed by atoms with E-state index >= 15 is 0 Å². The molecule has 0 bridgehead atoms. The zero-order valence-corrected chi connectivity index (χ0v) is 16.2. The molecule has 0 spiro atoms. The quantitative estimate of drug-likeness (QED) is 0.657. The molecule has 0 aromatic carbocycles. The van der Waals surface area contributed by atoms with Crippen LogP contribution in [0.15, 0.2) is 35.2 Å². The first-order valence-corrected chi connectivity index (χ1v) is 9.36. The number of carbonyl (C=O) groups is 2. The van der Waals surface area contributed by atoms with Crippen molar-refractivity contribution < 1.29 is 14.0 Å². The molecule has 0 saturated carbocycles. The topological polar surface area (TPSA) is 118 Å². The van der Waals surface area contributed by atoms with Gasteiger partial charge in [0, 0.05) is 38.3 Å². The number of hydrogen-bond donors (Lipinski definition) is 2. The van der Waals surface area contributed by atoms with Crippen molar-refractivity contribution in [2.45, 2.75) is 19.8 Å². The van der Waals surface area contributed by atoms with Crippen molar-refractivity contribution in [3.05, 3.63) is 36.5 Å². The smallest absolute Gasteiger partial charge is 0.277 e. The molecule has 3 aromatic rings. The predicted molar refractivity (Wildman–Crippen MR) is 107 cm³/mol. The van der Waals surface area contributed by atoms with E-state index in [1.165, 1.54) is 6.26 Å². The van der Waals surface area contributed by atoms with Gasteiger partial charge in [-0.1, -0.05) is 0 Å².